The number of hydrogen-bond acceptors (Lipinski definition) is 6. The van der Waals surface area contributed by atoms with E-state index in [1.807, 2.05) is 24.5 Å². The number of anilines is 2. The molecule has 0 fully saturated rings. The maximum Gasteiger partial charge on any atom is 0.328 e. The SMILES string of the molecule is Cc1ccc2c(c1)C(c1ccccc1)=Nc1ccncc1N2CCCN(C)C.O=C(O)C=CC(=O)O. The van der Waals surface area contributed by atoms with Crippen LogP contribution in [0.5, 0.6) is 0 Å². The lowest BCUT2D eigenvalue weighted by atomic mass is 9.98. The molecule has 8 nitrogen and oxygen atoms in total. The number of carbonyl (C=O) groups is 2. The van der Waals surface area contributed by atoms with Crippen molar-refractivity contribution >= 4 is 34.7 Å². The molecule has 186 valence electrons. The van der Waals surface area contributed by atoms with Crippen LogP contribution in [0.4, 0.5) is 17.1 Å². The van der Waals surface area contributed by atoms with E-state index in [0.717, 1.165) is 42.2 Å². The van der Waals surface area contributed by atoms with Crippen LogP contribution >= 0.6 is 0 Å². The van der Waals surface area contributed by atoms with Crippen LogP contribution in [0.15, 0.2) is 84.1 Å². The zero-order chi connectivity index (χ0) is 26.1. The number of pyridine rings is 1. The van der Waals surface area contributed by atoms with Crippen LogP contribution in [0, 0.1) is 6.92 Å². The van der Waals surface area contributed by atoms with Crippen molar-refractivity contribution in [2.45, 2.75) is 13.3 Å². The first kappa shape index (κ1) is 26.3. The van der Waals surface area contributed by atoms with E-state index in [1.54, 1.807) is 0 Å². The van der Waals surface area contributed by atoms with Gasteiger partial charge in [0.25, 0.3) is 0 Å². The molecule has 8 heteroatoms. The molecular formula is C28H30N4O4. The van der Waals surface area contributed by atoms with Crippen molar-refractivity contribution in [2.75, 3.05) is 32.1 Å². The lowest BCUT2D eigenvalue weighted by Crippen LogP contribution is -2.24. The second kappa shape index (κ2) is 12.4. The average Bonchev–Trinajstić information content (AvgIpc) is 2.98. The predicted octanol–water partition coefficient (Wildman–Crippen LogP) is 4.67. The number of aryl methyl sites for hydroxylation is 1. The van der Waals surface area contributed by atoms with Gasteiger partial charge in [-0.2, -0.15) is 0 Å². The molecule has 0 saturated heterocycles. The van der Waals surface area contributed by atoms with Gasteiger partial charge in [-0.3, -0.25) is 4.98 Å². The van der Waals surface area contributed by atoms with E-state index in [2.05, 4.69) is 78.3 Å². The summed E-state index contributed by atoms with van der Waals surface area (Å²) < 4.78 is 0. The molecule has 1 aliphatic heterocycles. The molecule has 2 heterocycles. The van der Waals surface area contributed by atoms with Crippen LogP contribution in [0.1, 0.15) is 23.1 Å². The molecule has 0 amide bonds. The summed E-state index contributed by atoms with van der Waals surface area (Å²) in [5.41, 5.74) is 7.78. The fourth-order valence-electron chi connectivity index (χ4n) is 3.81. The van der Waals surface area contributed by atoms with Crippen LogP contribution in [0.25, 0.3) is 0 Å². The van der Waals surface area contributed by atoms with Gasteiger partial charge in [0, 0.05) is 36.0 Å². The Bertz CT molecular complexity index is 1250. The number of aromatic nitrogens is 1. The van der Waals surface area contributed by atoms with Crippen LogP contribution in [0.2, 0.25) is 0 Å². The van der Waals surface area contributed by atoms with Crippen LogP contribution < -0.4 is 4.90 Å². The summed E-state index contributed by atoms with van der Waals surface area (Å²) in [5, 5.41) is 15.6. The minimum Gasteiger partial charge on any atom is -0.478 e. The molecule has 1 aliphatic rings. The average molecular weight is 487 g/mol. The van der Waals surface area contributed by atoms with Crippen LogP contribution in [-0.2, 0) is 9.59 Å². The standard InChI is InChI=1S/C24H26N4.C4H4O4/c1-18-10-11-22-20(16-18)24(19-8-5-4-6-9-19)26-21-12-13-25-17-23(21)28(22)15-7-14-27(2)3;5-3(6)1-2-4(7)8/h4-6,8-13,16-17H,7,14-15H2,1-3H3;1-2H,(H,5,6)(H,7,8). The summed E-state index contributed by atoms with van der Waals surface area (Å²) in [6, 6.07) is 19.1. The van der Waals surface area contributed by atoms with Gasteiger partial charge in [-0.25, -0.2) is 14.6 Å². The van der Waals surface area contributed by atoms with E-state index in [1.165, 1.54) is 16.8 Å². The first-order chi connectivity index (χ1) is 17.3. The minimum atomic E-state index is -1.26. The summed E-state index contributed by atoms with van der Waals surface area (Å²) in [6.07, 6.45) is 5.94. The fourth-order valence-corrected chi connectivity index (χ4v) is 3.81. The van der Waals surface area contributed by atoms with Crippen molar-refractivity contribution in [3.63, 3.8) is 0 Å². The molecule has 36 heavy (non-hydrogen) atoms. The van der Waals surface area contributed by atoms with Crippen molar-refractivity contribution in [1.29, 1.82) is 0 Å². The Balaban J connectivity index is 0.000000392. The maximum absolute atomic E-state index is 9.55. The maximum atomic E-state index is 9.55. The normalized spacial score (nSPS) is 12.2. The number of benzene rings is 2. The van der Waals surface area contributed by atoms with E-state index in [0.29, 0.717) is 12.2 Å². The Hall–Kier alpha value is -4.30. The Labute approximate surface area is 210 Å². The van der Waals surface area contributed by atoms with Gasteiger partial charge in [0.05, 0.1) is 29.0 Å². The molecule has 0 unspecified atom stereocenters. The third-order valence-electron chi connectivity index (χ3n) is 5.40. The Morgan fingerprint density at radius 1 is 0.972 bits per heavy atom. The van der Waals surface area contributed by atoms with Crippen LogP contribution in [0.3, 0.4) is 0 Å². The van der Waals surface area contributed by atoms with E-state index in [4.69, 9.17) is 15.2 Å². The topological polar surface area (TPSA) is 106 Å². The number of aliphatic imine (C=N–C) groups is 1. The van der Waals surface area contributed by atoms with Gasteiger partial charge in [0.15, 0.2) is 0 Å². The Morgan fingerprint density at radius 3 is 2.31 bits per heavy atom. The molecule has 1 aromatic heterocycles. The Kier molecular flexibility index (Phi) is 9.07. The number of carboxylic acid groups (broad SMARTS) is 2. The molecule has 0 bridgehead atoms. The van der Waals surface area contributed by atoms with Gasteiger partial charge in [-0.1, -0.05) is 42.0 Å². The van der Waals surface area contributed by atoms with Crippen molar-refractivity contribution in [3.05, 3.63) is 95.8 Å². The summed E-state index contributed by atoms with van der Waals surface area (Å²) in [6.45, 7) is 4.10. The molecule has 0 saturated carbocycles. The number of carboxylic acids is 2. The monoisotopic (exact) mass is 486 g/mol. The zero-order valence-corrected chi connectivity index (χ0v) is 20.6. The first-order valence-electron chi connectivity index (χ1n) is 11.5. The summed E-state index contributed by atoms with van der Waals surface area (Å²) >= 11 is 0. The van der Waals surface area contributed by atoms with E-state index >= 15 is 0 Å². The number of hydrogen-bond donors (Lipinski definition) is 2. The van der Waals surface area contributed by atoms with E-state index in [9.17, 15) is 9.59 Å². The molecule has 2 aromatic carbocycles. The molecule has 3 aromatic rings. The first-order valence-corrected chi connectivity index (χ1v) is 11.5. The highest BCUT2D eigenvalue weighted by Gasteiger charge is 2.24. The third-order valence-corrected chi connectivity index (χ3v) is 5.40. The summed E-state index contributed by atoms with van der Waals surface area (Å²) in [5.74, 6) is -2.51. The number of fused-ring (bicyclic) bond motifs is 2. The molecule has 2 N–H and O–H groups in total. The highest BCUT2D eigenvalue weighted by Crippen LogP contribution is 2.40. The molecular weight excluding hydrogens is 456 g/mol. The molecule has 0 spiro atoms. The molecule has 0 aliphatic carbocycles. The van der Waals surface area contributed by atoms with Gasteiger partial charge in [-0.05, 0) is 52.2 Å². The highest BCUT2D eigenvalue weighted by atomic mass is 16.4. The van der Waals surface area contributed by atoms with Crippen molar-refractivity contribution < 1.29 is 19.8 Å². The lowest BCUT2D eigenvalue weighted by molar-refractivity contribution is -0.134. The van der Waals surface area contributed by atoms with Gasteiger partial charge >= 0.3 is 11.9 Å². The van der Waals surface area contributed by atoms with Crippen molar-refractivity contribution in [2.24, 2.45) is 4.99 Å². The Morgan fingerprint density at radius 2 is 1.67 bits per heavy atom. The van der Waals surface area contributed by atoms with Gasteiger partial charge in [0.1, 0.15) is 0 Å². The highest BCUT2D eigenvalue weighted by molar-refractivity contribution is 6.18. The summed E-state index contributed by atoms with van der Waals surface area (Å²) in [7, 11) is 4.23. The minimum absolute atomic E-state index is 0.558. The van der Waals surface area contributed by atoms with E-state index in [-0.39, 0.29) is 0 Å². The number of rotatable bonds is 7. The predicted molar refractivity (Wildman–Crippen MR) is 142 cm³/mol. The van der Waals surface area contributed by atoms with E-state index < -0.39 is 11.9 Å². The zero-order valence-electron chi connectivity index (χ0n) is 20.6. The lowest BCUT2D eigenvalue weighted by Gasteiger charge is -2.27. The number of aliphatic carboxylic acids is 2. The molecule has 0 radical (unpaired) electrons. The smallest absolute Gasteiger partial charge is 0.328 e. The largest absolute Gasteiger partial charge is 0.478 e. The fraction of sp³-hybridized carbons (Fsp3) is 0.214. The second-order valence-corrected chi connectivity index (χ2v) is 8.53. The third kappa shape index (κ3) is 7.10. The molecule has 0 atom stereocenters. The quantitative estimate of drug-likeness (QED) is 0.467. The van der Waals surface area contributed by atoms with Gasteiger partial charge < -0.3 is 20.0 Å². The van der Waals surface area contributed by atoms with Gasteiger partial charge in [-0.15, -0.1) is 0 Å². The van der Waals surface area contributed by atoms with Crippen molar-refractivity contribution in [1.82, 2.24) is 9.88 Å². The summed E-state index contributed by atoms with van der Waals surface area (Å²) in [4.78, 5) is 33.2. The molecule has 4 rings (SSSR count). The van der Waals surface area contributed by atoms with Crippen molar-refractivity contribution in [3.8, 4) is 0 Å². The number of nitrogens with zero attached hydrogens (tertiary/aromatic N) is 4. The van der Waals surface area contributed by atoms with Gasteiger partial charge in [0.2, 0.25) is 0 Å². The van der Waals surface area contributed by atoms with Crippen LogP contribution in [-0.4, -0.2) is 64.9 Å². The second-order valence-electron chi connectivity index (χ2n) is 8.53.